The van der Waals surface area contributed by atoms with Crippen molar-refractivity contribution < 1.29 is 8.78 Å². The Kier molecular flexibility index (Phi) is 4.13. The third kappa shape index (κ3) is 2.57. The molecule has 1 aromatic heterocycles. The largest absolute Gasteiger partial charge is 0.368 e. The minimum absolute atomic E-state index is 0.123. The fraction of sp³-hybridized carbons (Fsp3) is 0.444. The first-order valence-electron chi connectivity index (χ1n) is 4.33. The number of halogens is 2. The summed E-state index contributed by atoms with van der Waals surface area (Å²) < 4.78 is 26.1. The Morgan fingerprint density at radius 1 is 1.43 bits per heavy atom. The summed E-state index contributed by atoms with van der Waals surface area (Å²) in [6.07, 6.45) is 2.57. The number of hydrogen-bond acceptors (Lipinski definition) is 3. The van der Waals surface area contributed by atoms with Crippen LogP contribution >= 0.6 is 11.8 Å². The van der Waals surface area contributed by atoms with Gasteiger partial charge in [0.25, 0.3) is 0 Å². The highest BCUT2D eigenvalue weighted by Gasteiger charge is 2.10. The van der Waals surface area contributed by atoms with Crippen LogP contribution in [0.1, 0.15) is 13.3 Å². The van der Waals surface area contributed by atoms with Gasteiger partial charge in [-0.1, -0.05) is 6.92 Å². The summed E-state index contributed by atoms with van der Waals surface area (Å²) in [4.78, 5) is 3.83. The Morgan fingerprint density at radius 3 is 2.71 bits per heavy atom. The van der Waals surface area contributed by atoms with Crippen LogP contribution in [0.3, 0.4) is 0 Å². The van der Waals surface area contributed by atoms with Crippen molar-refractivity contribution in [2.24, 2.45) is 0 Å². The van der Waals surface area contributed by atoms with Crippen LogP contribution in [-0.2, 0) is 0 Å². The molecule has 0 radical (unpaired) electrons. The van der Waals surface area contributed by atoms with E-state index in [1.165, 1.54) is 0 Å². The van der Waals surface area contributed by atoms with Gasteiger partial charge in [0.1, 0.15) is 5.03 Å². The normalized spacial score (nSPS) is 10.3. The maximum Gasteiger partial charge on any atom is 0.168 e. The second-order valence-electron chi connectivity index (χ2n) is 2.74. The molecule has 0 unspecified atom stereocenters. The molecule has 0 aromatic carbocycles. The molecule has 0 aliphatic heterocycles. The Bertz CT molecular complexity index is 318. The number of anilines is 1. The molecule has 0 saturated carbocycles. The summed E-state index contributed by atoms with van der Waals surface area (Å²) in [5, 5.41) is 3.01. The molecule has 0 atom stereocenters. The van der Waals surface area contributed by atoms with E-state index in [0.717, 1.165) is 24.2 Å². The van der Waals surface area contributed by atoms with Crippen LogP contribution < -0.4 is 5.32 Å². The third-order valence-electron chi connectivity index (χ3n) is 1.63. The zero-order valence-electron chi connectivity index (χ0n) is 8.10. The molecule has 0 saturated heterocycles. The van der Waals surface area contributed by atoms with E-state index < -0.39 is 11.6 Å². The van der Waals surface area contributed by atoms with Gasteiger partial charge in [0, 0.05) is 12.6 Å². The summed E-state index contributed by atoms with van der Waals surface area (Å²) in [6.45, 7) is 2.59. The van der Waals surface area contributed by atoms with Crippen molar-refractivity contribution >= 4 is 17.6 Å². The zero-order chi connectivity index (χ0) is 10.6. The standard InChI is InChI=1S/C9H12F2N2S/c1-3-4-12-8-6(10)5-7(11)9(13-8)14-2/h5H,3-4H2,1-2H3,(H,12,13). The highest BCUT2D eigenvalue weighted by molar-refractivity contribution is 7.98. The monoisotopic (exact) mass is 218 g/mol. The first-order chi connectivity index (χ1) is 6.69. The van der Waals surface area contributed by atoms with Gasteiger partial charge in [0.15, 0.2) is 17.5 Å². The van der Waals surface area contributed by atoms with E-state index in [0.29, 0.717) is 6.54 Å². The van der Waals surface area contributed by atoms with Crippen LogP contribution in [-0.4, -0.2) is 17.8 Å². The van der Waals surface area contributed by atoms with Crippen molar-refractivity contribution in [3.05, 3.63) is 17.7 Å². The van der Waals surface area contributed by atoms with E-state index in [-0.39, 0.29) is 10.8 Å². The van der Waals surface area contributed by atoms with Gasteiger partial charge in [-0.15, -0.1) is 11.8 Å². The lowest BCUT2D eigenvalue weighted by Gasteiger charge is -2.07. The highest BCUT2D eigenvalue weighted by Crippen LogP contribution is 2.21. The van der Waals surface area contributed by atoms with Crippen LogP contribution in [0.2, 0.25) is 0 Å². The molecule has 1 aromatic rings. The second-order valence-corrected chi connectivity index (χ2v) is 3.53. The number of pyridine rings is 1. The second kappa shape index (κ2) is 5.14. The molecule has 78 valence electrons. The maximum absolute atomic E-state index is 13.1. The maximum atomic E-state index is 13.1. The third-order valence-corrected chi connectivity index (χ3v) is 2.31. The minimum Gasteiger partial charge on any atom is -0.368 e. The topological polar surface area (TPSA) is 24.9 Å². The lowest BCUT2D eigenvalue weighted by molar-refractivity contribution is 0.551. The van der Waals surface area contributed by atoms with Gasteiger partial charge >= 0.3 is 0 Å². The van der Waals surface area contributed by atoms with Crippen LogP contribution in [0.25, 0.3) is 0 Å². The quantitative estimate of drug-likeness (QED) is 0.786. The van der Waals surface area contributed by atoms with Crippen molar-refractivity contribution in [2.45, 2.75) is 18.4 Å². The van der Waals surface area contributed by atoms with Gasteiger partial charge in [-0.25, -0.2) is 13.8 Å². The van der Waals surface area contributed by atoms with Gasteiger partial charge in [-0.05, 0) is 12.7 Å². The number of hydrogen-bond donors (Lipinski definition) is 1. The summed E-state index contributed by atoms with van der Waals surface area (Å²) in [5.74, 6) is -1.14. The summed E-state index contributed by atoms with van der Waals surface area (Å²) >= 11 is 1.16. The zero-order valence-corrected chi connectivity index (χ0v) is 8.92. The lowest BCUT2D eigenvalue weighted by atomic mass is 10.4. The lowest BCUT2D eigenvalue weighted by Crippen LogP contribution is -2.05. The minimum atomic E-state index is -0.645. The smallest absolute Gasteiger partial charge is 0.168 e. The Balaban J connectivity index is 2.92. The molecule has 1 heterocycles. The molecule has 5 heteroatoms. The summed E-state index contributed by atoms with van der Waals surface area (Å²) in [7, 11) is 0. The molecule has 1 N–H and O–H groups in total. The van der Waals surface area contributed by atoms with Crippen LogP contribution in [0, 0.1) is 11.6 Å². The Labute approximate surface area is 86.1 Å². The van der Waals surface area contributed by atoms with Crippen molar-refractivity contribution in [3.8, 4) is 0 Å². The fourth-order valence-corrected chi connectivity index (χ4v) is 1.40. The van der Waals surface area contributed by atoms with Gasteiger partial charge in [-0.3, -0.25) is 0 Å². The van der Waals surface area contributed by atoms with E-state index in [1.807, 2.05) is 6.92 Å². The van der Waals surface area contributed by atoms with Gasteiger partial charge in [-0.2, -0.15) is 0 Å². The van der Waals surface area contributed by atoms with E-state index >= 15 is 0 Å². The Hall–Kier alpha value is -0.840. The van der Waals surface area contributed by atoms with E-state index in [9.17, 15) is 8.78 Å². The average Bonchev–Trinajstić information content (AvgIpc) is 2.17. The molecule has 0 spiro atoms. The summed E-state index contributed by atoms with van der Waals surface area (Å²) in [6, 6.07) is 0.858. The first-order valence-corrected chi connectivity index (χ1v) is 5.55. The predicted molar refractivity (Wildman–Crippen MR) is 54.7 cm³/mol. The first kappa shape index (κ1) is 11.2. The number of thioether (sulfide) groups is 1. The van der Waals surface area contributed by atoms with Crippen molar-refractivity contribution in [1.82, 2.24) is 4.98 Å². The molecule has 0 fully saturated rings. The average molecular weight is 218 g/mol. The number of nitrogens with one attached hydrogen (secondary N) is 1. The number of nitrogens with zero attached hydrogens (tertiary/aromatic N) is 1. The molecular weight excluding hydrogens is 206 g/mol. The fourth-order valence-electron chi connectivity index (χ4n) is 0.960. The summed E-state index contributed by atoms with van der Waals surface area (Å²) in [5.41, 5.74) is 0. The molecule has 0 aliphatic carbocycles. The van der Waals surface area contributed by atoms with Gasteiger partial charge < -0.3 is 5.32 Å². The van der Waals surface area contributed by atoms with Crippen LogP contribution in [0.4, 0.5) is 14.6 Å². The van der Waals surface area contributed by atoms with Gasteiger partial charge in [0.2, 0.25) is 0 Å². The van der Waals surface area contributed by atoms with Crippen LogP contribution in [0.5, 0.6) is 0 Å². The molecule has 1 rings (SSSR count). The molecule has 2 nitrogen and oxygen atoms in total. The highest BCUT2D eigenvalue weighted by atomic mass is 32.2. The molecule has 14 heavy (non-hydrogen) atoms. The Morgan fingerprint density at radius 2 is 2.14 bits per heavy atom. The molecular formula is C9H12F2N2S. The van der Waals surface area contributed by atoms with Crippen molar-refractivity contribution in [2.75, 3.05) is 18.1 Å². The number of aromatic nitrogens is 1. The van der Waals surface area contributed by atoms with E-state index in [2.05, 4.69) is 10.3 Å². The number of rotatable bonds is 4. The molecule has 0 amide bonds. The van der Waals surface area contributed by atoms with E-state index in [4.69, 9.17) is 0 Å². The van der Waals surface area contributed by atoms with Gasteiger partial charge in [0.05, 0.1) is 0 Å². The van der Waals surface area contributed by atoms with E-state index in [1.54, 1.807) is 6.26 Å². The molecule has 0 bridgehead atoms. The SMILES string of the molecule is CCCNc1nc(SC)c(F)cc1F. The molecule has 0 aliphatic rings. The van der Waals surface area contributed by atoms with Crippen molar-refractivity contribution in [1.29, 1.82) is 0 Å². The van der Waals surface area contributed by atoms with Crippen molar-refractivity contribution in [3.63, 3.8) is 0 Å². The van der Waals surface area contributed by atoms with Crippen LogP contribution in [0.15, 0.2) is 11.1 Å². The predicted octanol–water partition coefficient (Wildman–Crippen LogP) is 2.90.